The SMILES string of the molecule is C[C@@H]1C[C@@H](C(=O)NN(C[C@@H]2CCNC2=O)C(=O)[C@H](F)Cl)N(C(=O)[C@@H](NC(=O)C(F)(F)F)C(C)(C)C)C1. The van der Waals surface area contributed by atoms with Crippen molar-refractivity contribution >= 4 is 41.1 Å². The Morgan fingerprint density at radius 3 is 2.31 bits per heavy atom. The Balaban J connectivity index is 2.26. The Hall–Kier alpha value is -2.64. The predicted octanol–water partition coefficient (Wildman–Crippen LogP) is 0.847. The van der Waals surface area contributed by atoms with E-state index in [2.05, 4.69) is 10.7 Å². The Morgan fingerprint density at radius 2 is 1.83 bits per heavy atom. The molecule has 0 radical (unpaired) electrons. The minimum atomic E-state index is -5.23. The molecule has 2 fully saturated rings. The van der Waals surface area contributed by atoms with Crippen LogP contribution in [0.4, 0.5) is 17.6 Å². The van der Waals surface area contributed by atoms with Crippen LogP contribution in [-0.4, -0.2) is 83.0 Å². The van der Waals surface area contributed by atoms with Crippen molar-refractivity contribution in [3.05, 3.63) is 0 Å². The van der Waals surface area contributed by atoms with Gasteiger partial charge >= 0.3 is 12.1 Å². The van der Waals surface area contributed by atoms with Gasteiger partial charge in [0.1, 0.15) is 12.1 Å². The van der Waals surface area contributed by atoms with E-state index in [0.717, 1.165) is 4.90 Å². The van der Waals surface area contributed by atoms with E-state index in [1.807, 2.05) is 0 Å². The summed E-state index contributed by atoms with van der Waals surface area (Å²) in [5.41, 5.74) is -1.45. The molecule has 0 aromatic carbocycles. The third-order valence-electron chi connectivity index (χ3n) is 6.01. The summed E-state index contributed by atoms with van der Waals surface area (Å²) in [6.45, 7) is 6.02. The van der Waals surface area contributed by atoms with Crippen molar-refractivity contribution in [1.29, 1.82) is 0 Å². The van der Waals surface area contributed by atoms with Gasteiger partial charge < -0.3 is 15.5 Å². The molecular formula is C21H30ClF4N5O5. The molecule has 5 atom stereocenters. The molecule has 2 aliphatic rings. The number of hydrazine groups is 1. The van der Waals surface area contributed by atoms with Crippen molar-refractivity contribution in [3.8, 4) is 0 Å². The van der Waals surface area contributed by atoms with Crippen LogP contribution in [0, 0.1) is 17.3 Å². The molecule has 2 heterocycles. The number of carbonyl (C=O) groups excluding carboxylic acids is 5. The zero-order valence-corrected chi connectivity index (χ0v) is 21.0. The largest absolute Gasteiger partial charge is 0.471 e. The average molecular weight is 544 g/mol. The molecule has 0 aliphatic carbocycles. The number of amides is 5. The third-order valence-corrected chi connectivity index (χ3v) is 6.19. The summed E-state index contributed by atoms with van der Waals surface area (Å²) in [7, 11) is 0. The number of hydrogen-bond acceptors (Lipinski definition) is 5. The molecule has 2 saturated heterocycles. The number of hydrogen-bond donors (Lipinski definition) is 3. The molecule has 15 heteroatoms. The summed E-state index contributed by atoms with van der Waals surface area (Å²) in [5, 5.41) is 4.84. The molecule has 204 valence electrons. The van der Waals surface area contributed by atoms with E-state index < -0.39 is 64.8 Å². The first-order valence-electron chi connectivity index (χ1n) is 11.3. The van der Waals surface area contributed by atoms with E-state index in [9.17, 15) is 41.5 Å². The number of carbonyl (C=O) groups is 5. The molecule has 0 bridgehead atoms. The van der Waals surface area contributed by atoms with Crippen LogP contribution in [0.1, 0.15) is 40.5 Å². The molecular weight excluding hydrogens is 514 g/mol. The summed E-state index contributed by atoms with van der Waals surface area (Å²) >= 11 is 5.26. The van der Waals surface area contributed by atoms with Crippen LogP contribution >= 0.6 is 11.6 Å². The Kier molecular flexibility index (Phi) is 9.19. The van der Waals surface area contributed by atoms with Gasteiger partial charge in [-0.15, -0.1) is 0 Å². The number of nitrogens with zero attached hydrogens (tertiary/aromatic N) is 2. The van der Waals surface area contributed by atoms with E-state index in [1.165, 1.54) is 20.8 Å². The fraction of sp³-hybridized carbons (Fsp3) is 0.762. The second-order valence-corrected chi connectivity index (χ2v) is 10.5. The zero-order chi connectivity index (χ0) is 27.6. The van der Waals surface area contributed by atoms with Gasteiger partial charge in [-0.05, 0) is 24.2 Å². The lowest BCUT2D eigenvalue weighted by Gasteiger charge is -2.36. The lowest BCUT2D eigenvalue weighted by atomic mass is 9.85. The van der Waals surface area contributed by atoms with Gasteiger partial charge in [0.25, 0.3) is 17.4 Å². The minimum absolute atomic E-state index is 0.00833. The second kappa shape index (κ2) is 11.2. The van der Waals surface area contributed by atoms with Crippen LogP contribution in [0.25, 0.3) is 0 Å². The molecule has 5 amide bonds. The van der Waals surface area contributed by atoms with E-state index in [-0.39, 0.29) is 25.4 Å². The monoisotopic (exact) mass is 543 g/mol. The van der Waals surface area contributed by atoms with Gasteiger partial charge in [0.05, 0.1) is 12.5 Å². The number of halogens is 5. The lowest BCUT2D eigenvalue weighted by molar-refractivity contribution is -0.176. The van der Waals surface area contributed by atoms with Crippen molar-refractivity contribution in [2.24, 2.45) is 17.3 Å². The number of rotatable bonds is 6. The van der Waals surface area contributed by atoms with E-state index in [0.29, 0.717) is 18.0 Å². The molecule has 2 rings (SSSR count). The van der Waals surface area contributed by atoms with Gasteiger partial charge in [0.2, 0.25) is 11.8 Å². The normalized spacial score (nSPS) is 24.1. The maximum absolute atomic E-state index is 13.6. The summed E-state index contributed by atoms with van der Waals surface area (Å²) in [4.78, 5) is 63.2. The maximum atomic E-state index is 13.6. The zero-order valence-electron chi connectivity index (χ0n) is 20.2. The minimum Gasteiger partial charge on any atom is -0.356 e. The molecule has 3 N–H and O–H groups in total. The fourth-order valence-electron chi connectivity index (χ4n) is 4.12. The van der Waals surface area contributed by atoms with E-state index in [1.54, 1.807) is 12.2 Å². The summed E-state index contributed by atoms with van der Waals surface area (Å²) in [6.07, 6.45) is -4.81. The third kappa shape index (κ3) is 7.20. The Morgan fingerprint density at radius 1 is 1.22 bits per heavy atom. The predicted molar refractivity (Wildman–Crippen MR) is 118 cm³/mol. The van der Waals surface area contributed by atoms with Crippen molar-refractivity contribution in [2.45, 2.75) is 64.4 Å². The van der Waals surface area contributed by atoms with Crippen LogP contribution in [0.2, 0.25) is 0 Å². The van der Waals surface area contributed by atoms with Crippen LogP contribution in [-0.2, 0) is 24.0 Å². The highest BCUT2D eigenvalue weighted by molar-refractivity contribution is 6.29. The molecule has 0 unspecified atom stereocenters. The lowest BCUT2D eigenvalue weighted by Crippen LogP contribution is -2.61. The molecule has 0 saturated carbocycles. The first-order chi connectivity index (χ1) is 16.4. The van der Waals surface area contributed by atoms with Gasteiger partial charge in [0.15, 0.2) is 0 Å². The van der Waals surface area contributed by atoms with Crippen LogP contribution < -0.4 is 16.1 Å². The molecule has 0 aromatic rings. The summed E-state index contributed by atoms with van der Waals surface area (Å²) in [5.74, 6) is -6.83. The van der Waals surface area contributed by atoms with Gasteiger partial charge in [-0.3, -0.25) is 29.4 Å². The standard InChI is InChI=1S/C21H30ClF4N5O5/c1-10-7-12(16(33)29-31(18(35)14(22)23)9-11-5-6-27-15(11)32)30(8-10)17(34)13(20(2,3)4)28-19(36)21(24,25)26/h10-14H,5-9H2,1-4H3,(H,27,32)(H,28,36)(H,29,33)/t10-,11+,12+,13-,14+/m1/s1. The molecule has 0 spiro atoms. The molecule has 36 heavy (non-hydrogen) atoms. The quantitative estimate of drug-likeness (QED) is 0.260. The number of alkyl halides is 5. The molecule has 2 aliphatic heterocycles. The molecule has 0 aromatic heterocycles. The highest BCUT2D eigenvalue weighted by Gasteiger charge is 2.48. The van der Waals surface area contributed by atoms with Gasteiger partial charge in [0, 0.05) is 13.1 Å². The van der Waals surface area contributed by atoms with Crippen LogP contribution in [0.15, 0.2) is 0 Å². The first kappa shape index (κ1) is 29.6. The van der Waals surface area contributed by atoms with Crippen molar-refractivity contribution < 1.29 is 41.5 Å². The van der Waals surface area contributed by atoms with E-state index >= 15 is 0 Å². The van der Waals surface area contributed by atoms with Crippen LogP contribution in [0.5, 0.6) is 0 Å². The van der Waals surface area contributed by atoms with Crippen molar-refractivity contribution in [1.82, 2.24) is 26.0 Å². The fourth-order valence-corrected chi connectivity index (χ4v) is 4.24. The topological polar surface area (TPSA) is 128 Å². The smallest absolute Gasteiger partial charge is 0.356 e. The average Bonchev–Trinajstić information content (AvgIpc) is 3.33. The molecule has 10 nitrogen and oxygen atoms in total. The van der Waals surface area contributed by atoms with Crippen molar-refractivity contribution in [2.75, 3.05) is 19.6 Å². The van der Waals surface area contributed by atoms with Gasteiger partial charge in [-0.25, -0.2) is 9.40 Å². The van der Waals surface area contributed by atoms with Gasteiger partial charge in [-0.1, -0.05) is 39.3 Å². The summed E-state index contributed by atoms with van der Waals surface area (Å²) in [6, 6.07) is -2.86. The van der Waals surface area contributed by atoms with Gasteiger partial charge in [-0.2, -0.15) is 13.2 Å². The Bertz CT molecular complexity index is 895. The maximum Gasteiger partial charge on any atom is 0.471 e. The van der Waals surface area contributed by atoms with Crippen LogP contribution in [0.3, 0.4) is 0 Å². The number of likely N-dealkylation sites (tertiary alicyclic amines) is 1. The number of nitrogens with one attached hydrogen (secondary N) is 3. The highest BCUT2D eigenvalue weighted by atomic mass is 35.5. The highest BCUT2D eigenvalue weighted by Crippen LogP contribution is 2.29. The second-order valence-electron chi connectivity index (χ2n) is 10.1. The summed E-state index contributed by atoms with van der Waals surface area (Å²) < 4.78 is 52.2. The van der Waals surface area contributed by atoms with E-state index in [4.69, 9.17) is 11.6 Å². The Labute approximate surface area is 210 Å². The van der Waals surface area contributed by atoms with Crippen molar-refractivity contribution in [3.63, 3.8) is 0 Å². The first-order valence-corrected chi connectivity index (χ1v) is 11.7.